The van der Waals surface area contributed by atoms with Gasteiger partial charge in [0.05, 0.1) is 12.0 Å². The minimum absolute atomic E-state index is 0.708. The van der Waals surface area contributed by atoms with Crippen LogP contribution in [0.3, 0.4) is 0 Å². The van der Waals surface area contributed by atoms with Gasteiger partial charge in [-0.25, -0.2) is 4.98 Å². The molecule has 0 spiro atoms. The van der Waals surface area contributed by atoms with Crippen molar-refractivity contribution in [3.63, 3.8) is 0 Å². The summed E-state index contributed by atoms with van der Waals surface area (Å²) < 4.78 is 2.07. The number of nitrogens with zero attached hydrogens (tertiary/aromatic N) is 2. The second kappa shape index (κ2) is 3.73. The van der Waals surface area contributed by atoms with Crippen molar-refractivity contribution in [3.8, 4) is 0 Å². The van der Waals surface area contributed by atoms with E-state index in [4.69, 9.17) is 0 Å². The third kappa shape index (κ3) is 1.69. The highest BCUT2D eigenvalue weighted by atomic mass is 15.1. The van der Waals surface area contributed by atoms with Crippen LogP contribution < -0.4 is 5.32 Å². The van der Waals surface area contributed by atoms with E-state index in [0.717, 1.165) is 18.4 Å². The molecule has 0 aliphatic heterocycles. The molecular weight excluding hydrogens is 174 g/mol. The number of hydrogen-bond donors (Lipinski definition) is 1. The molecule has 1 aliphatic carbocycles. The summed E-state index contributed by atoms with van der Waals surface area (Å²) in [6, 6.07) is 0.708. The molecule has 1 N–H and O–H groups in total. The maximum absolute atomic E-state index is 4.10. The highest BCUT2D eigenvalue weighted by molar-refractivity contribution is 4.99. The quantitative estimate of drug-likeness (QED) is 0.789. The zero-order chi connectivity index (χ0) is 10.1. The lowest BCUT2D eigenvalue weighted by molar-refractivity contribution is 0.136. The van der Waals surface area contributed by atoms with E-state index >= 15 is 0 Å². The minimum Gasteiger partial charge on any atom is -0.337 e. The van der Waals surface area contributed by atoms with Crippen molar-refractivity contribution in [2.45, 2.75) is 32.9 Å². The number of imidazole rings is 1. The average molecular weight is 193 g/mol. The van der Waals surface area contributed by atoms with Gasteiger partial charge in [0, 0.05) is 25.8 Å². The molecule has 14 heavy (non-hydrogen) atoms. The molecule has 0 amide bonds. The number of hydrogen-bond acceptors (Lipinski definition) is 2. The molecule has 1 heterocycles. The fraction of sp³-hybridized carbons (Fsp3) is 0.727. The van der Waals surface area contributed by atoms with Crippen molar-refractivity contribution in [2.24, 2.45) is 18.9 Å². The molecule has 3 unspecified atom stereocenters. The molecule has 1 saturated carbocycles. The summed E-state index contributed by atoms with van der Waals surface area (Å²) in [5, 5.41) is 3.58. The summed E-state index contributed by atoms with van der Waals surface area (Å²) in [4.78, 5) is 4.10. The Bertz CT molecular complexity index is 305. The van der Waals surface area contributed by atoms with E-state index in [-0.39, 0.29) is 0 Å². The van der Waals surface area contributed by atoms with Gasteiger partial charge >= 0.3 is 0 Å². The van der Waals surface area contributed by atoms with Crippen LogP contribution in [0.25, 0.3) is 0 Å². The second-order valence-electron chi connectivity index (χ2n) is 4.56. The average Bonchev–Trinajstić information content (AvgIpc) is 2.58. The standard InChI is InChI=1S/C11H19N3/c1-8-4-11(9(8)2)13-6-10-5-12-7-14(10)3/h5,7-9,11,13H,4,6H2,1-3H3. The van der Waals surface area contributed by atoms with Crippen molar-refractivity contribution in [3.05, 3.63) is 18.2 Å². The highest BCUT2D eigenvalue weighted by Gasteiger charge is 2.33. The zero-order valence-corrected chi connectivity index (χ0v) is 9.20. The Kier molecular flexibility index (Phi) is 2.59. The van der Waals surface area contributed by atoms with E-state index in [2.05, 4.69) is 28.7 Å². The third-order valence-corrected chi connectivity index (χ3v) is 3.62. The summed E-state index contributed by atoms with van der Waals surface area (Å²) in [5.41, 5.74) is 1.26. The molecule has 1 fully saturated rings. The van der Waals surface area contributed by atoms with Crippen LogP contribution in [0.5, 0.6) is 0 Å². The van der Waals surface area contributed by atoms with Gasteiger partial charge in [-0.3, -0.25) is 0 Å². The van der Waals surface area contributed by atoms with Gasteiger partial charge in [0.15, 0.2) is 0 Å². The Balaban J connectivity index is 1.81. The number of aromatic nitrogens is 2. The van der Waals surface area contributed by atoms with E-state index in [1.54, 1.807) is 0 Å². The molecule has 2 rings (SSSR count). The van der Waals surface area contributed by atoms with E-state index < -0.39 is 0 Å². The number of aryl methyl sites for hydroxylation is 1. The Morgan fingerprint density at radius 3 is 2.86 bits per heavy atom. The lowest BCUT2D eigenvalue weighted by atomic mass is 9.71. The van der Waals surface area contributed by atoms with Crippen molar-refractivity contribution < 1.29 is 0 Å². The van der Waals surface area contributed by atoms with Gasteiger partial charge in [0.1, 0.15) is 0 Å². The third-order valence-electron chi connectivity index (χ3n) is 3.62. The van der Waals surface area contributed by atoms with Gasteiger partial charge in [-0.2, -0.15) is 0 Å². The topological polar surface area (TPSA) is 29.9 Å². The van der Waals surface area contributed by atoms with Gasteiger partial charge in [-0.15, -0.1) is 0 Å². The monoisotopic (exact) mass is 193 g/mol. The molecule has 3 nitrogen and oxygen atoms in total. The Morgan fingerprint density at radius 2 is 2.36 bits per heavy atom. The summed E-state index contributed by atoms with van der Waals surface area (Å²) in [7, 11) is 2.04. The van der Waals surface area contributed by atoms with Crippen LogP contribution in [0.1, 0.15) is 26.0 Å². The first-order chi connectivity index (χ1) is 6.68. The van der Waals surface area contributed by atoms with Crippen LogP contribution in [0.4, 0.5) is 0 Å². The van der Waals surface area contributed by atoms with Crippen LogP contribution in [-0.4, -0.2) is 15.6 Å². The molecule has 1 aromatic heterocycles. The van der Waals surface area contributed by atoms with Crippen molar-refractivity contribution in [2.75, 3.05) is 0 Å². The normalized spacial score (nSPS) is 31.5. The highest BCUT2D eigenvalue weighted by Crippen LogP contribution is 2.33. The van der Waals surface area contributed by atoms with Crippen LogP contribution in [-0.2, 0) is 13.6 Å². The Labute approximate surface area is 85.5 Å². The molecular formula is C11H19N3. The fourth-order valence-corrected chi connectivity index (χ4v) is 2.09. The largest absolute Gasteiger partial charge is 0.337 e. The molecule has 3 atom stereocenters. The second-order valence-corrected chi connectivity index (χ2v) is 4.56. The summed E-state index contributed by atoms with van der Waals surface area (Å²) in [6.07, 6.45) is 5.10. The first-order valence-electron chi connectivity index (χ1n) is 5.37. The smallest absolute Gasteiger partial charge is 0.0945 e. The molecule has 78 valence electrons. The van der Waals surface area contributed by atoms with Crippen LogP contribution in [0.2, 0.25) is 0 Å². The predicted octanol–water partition coefficient (Wildman–Crippen LogP) is 1.55. The van der Waals surface area contributed by atoms with Gasteiger partial charge in [0.25, 0.3) is 0 Å². The van der Waals surface area contributed by atoms with Crippen LogP contribution in [0, 0.1) is 11.8 Å². The van der Waals surface area contributed by atoms with Gasteiger partial charge in [-0.05, 0) is 18.3 Å². The first kappa shape index (κ1) is 9.71. The van der Waals surface area contributed by atoms with Gasteiger partial charge in [-0.1, -0.05) is 13.8 Å². The Hall–Kier alpha value is -0.830. The minimum atomic E-state index is 0.708. The lowest BCUT2D eigenvalue weighted by Crippen LogP contribution is -2.47. The van der Waals surface area contributed by atoms with Crippen molar-refractivity contribution in [1.29, 1.82) is 0 Å². The maximum atomic E-state index is 4.10. The van der Waals surface area contributed by atoms with E-state index in [0.29, 0.717) is 6.04 Å². The van der Waals surface area contributed by atoms with Crippen molar-refractivity contribution in [1.82, 2.24) is 14.9 Å². The molecule has 1 aliphatic rings. The maximum Gasteiger partial charge on any atom is 0.0945 e. The SMILES string of the molecule is CC1CC(NCc2cncn2C)C1C. The number of nitrogens with one attached hydrogen (secondary N) is 1. The summed E-state index contributed by atoms with van der Waals surface area (Å²) in [5.74, 6) is 1.71. The van der Waals surface area contributed by atoms with Crippen LogP contribution in [0.15, 0.2) is 12.5 Å². The molecule has 0 radical (unpaired) electrons. The Morgan fingerprint density at radius 1 is 1.57 bits per heavy atom. The van der Waals surface area contributed by atoms with Gasteiger partial charge in [0.2, 0.25) is 0 Å². The van der Waals surface area contributed by atoms with E-state index in [1.807, 2.05) is 19.6 Å². The molecule has 1 aromatic rings. The summed E-state index contributed by atoms with van der Waals surface area (Å²) in [6.45, 7) is 5.60. The summed E-state index contributed by atoms with van der Waals surface area (Å²) >= 11 is 0. The first-order valence-corrected chi connectivity index (χ1v) is 5.37. The fourth-order valence-electron chi connectivity index (χ4n) is 2.09. The number of rotatable bonds is 3. The van der Waals surface area contributed by atoms with Gasteiger partial charge < -0.3 is 9.88 Å². The molecule has 3 heteroatoms. The molecule has 0 saturated heterocycles. The predicted molar refractivity (Wildman–Crippen MR) is 56.8 cm³/mol. The van der Waals surface area contributed by atoms with E-state index in [9.17, 15) is 0 Å². The zero-order valence-electron chi connectivity index (χ0n) is 9.20. The molecule has 0 bridgehead atoms. The lowest BCUT2D eigenvalue weighted by Gasteiger charge is -2.41. The van der Waals surface area contributed by atoms with Crippen LogP contribution >= 0.6 is 0 Å². The van der Waals surface area contributed by atoms with E-state index in [1.165, 1.54) is 12.1 Å². The van der Waals surface area contributed by atoms with Crippen molar-refractivity contribution >= 4 is 0 Å². The molecule has 0 aromatic carbocycles.